The first-order valence-corrected chi connectivity index (χ1v) is 5.49. The van der Waals surface area contributed by atoms with Crippen molar-refractivity contribution in [1.82, 2.24) is 4.90 Å². The van der Waals surface area contributed by atoms with Gasteiger partial charge in [0, 0.05) is 0 Å². The van der Waals surface area contributed by atoms with Crippen LogP contribution in [0.2, 0.25) is 0 Å². The van der Waals surface area contributed by atoms with Gasteiger partial charge >= 0.3 is 96.3 Å². The molecule has 0 aliphatic heterocycles. The second kappa shape index (κ2) is 5.03. The molecule has 2 atom stereocenters. The quantitative estimate of drug-likeness (QED) is 0.733. The third kappa shape index (κ3) is 2.76. The Bertz CT molecular complexity index is 188. The van der Waals surface area contributed by atoms with E-state index < -0.39 is 17.8 Å². The average molecular weight is 317 g/mol. The third-order valence-electron chi connectivity index (χ3n) is 2.73. The monoisotopic (exact) mass is 318 g/mol. The summed E-state index contributed by atoms with van der Waals surface area (Å²) in [6, 6.07) is -0.688. The molecule has 0 amide bonds. The van der Waals surface area contributed by atoms with Gasteiger partial charge in [-0.25, -0.2) is 0 Å². The Kier molecular flexibility index (Phi) is 5.21. The SMILES string of the molecule is CCN(C)C(C)C(C)([O][Sn])C(F)(F)F. The molecule has 0 saturated carbocycles. The Morgan fingerprint density at radius 2 is 1.86 bits per heavy atom. The molecule has 2 unspecified atom stereocenters. The van der Waals surface area contributed by atoms with Crippen LogP contribution < -0.4 is 0 Å². The van der Waals surface area contributed by atoms with Gasteiger partial charge in [-0.05, 0) is 0 Å². The van der Waals surface area contributed by atoms with Gasteiger partial charge in [-0.15, -0.1) is 0 Å². The van der Waals surface area contributed by atoms with Crippen LogP contribution in [0, 0.1) is 0 Å². The van der Waals surface area contributed by atoms with Crippen LogP contribution >= 0.6 is 0 Å². The number of hydrogen-bond acceptors (Lipinski definition) is 2. The van der Waals surface area contributed by atoms with Gasteiger partial charge in [0.15, 0.2) is 0 Å². The van der Waals surface area contributed by atoms with Gasteiger partial charge in [0.05, 0.1) is 0 Å². The van der Waals surface area contributed by atoms with E-state index >= 15 is 0 Å². The van der Waals surface area contributed by atoms with E-state index in [-0.39, 0.29) is 0 Å². The molecule has 0 rings (SSSR count). The molecular weight excluding hydrogens is 302 g/mol. The van der Waals surface area contributed by atoms with Gasteiger partial charge < -0.3 is 0 Å². The van der Waals surface area contributed by atoms with Crippen LogP contribution in [0.1, 0.15) is 20.8 Å². The molecule has 0 bridgehead atoms. The minimum absolute atomic E-state index is 0.434. The fraction of sp³-hybridized carbons (Fsp3) is 1.00. The van der Waals surface area contributed by atoms with Crippen LogP contribution in [-0.2, 0) is 3.07 Å². The molecule has 0 saturated heterocycles. The summed E-state index contributed by atoms with van der Waals surface area (Å²) in [7, 11) is 1.66. The maximum absolute atomic E-state index is 12.7. The number of hydrogen-bond donors (Lipinski definition) is 0. The van der Waals surface area contributed by atoms with E-state index in [9.17, 15) is 13.2 Å². The summed E-state index contributed by atoms with van der Waals surface area (Å²) in [5.41, 5.74) is -2.07. The summed E-state index contributed by atoms with van der Waals surface area (Å²) < 4.78 is 42.9. The Labute approximate surface area is 96.4 Å². The molecule has 0 fully saturated rings. The maximum atomic E-state index is 12.7. The van der Waals surface area contributed by atoms with Crippen molar-refractivity contribution < 1.29 is 16.2 Å². The Balaban J connectivity index is 4.86. The zero-order valence-corrected chi connectivity index (χ0v) is 11.6. The number of nitrogens with zero attached hydrogens (tertiary/aromatic N) is 1. The van der Waals surface area contributed by atoms with Crippen molar-refractivity contribution in [2.45, 2.75) is 38.6 Å². The van der Waals surface area contributed by atoms with E-state index in [1.807, 2.05) is 6.92 Å². The van der Waals surface area contributed by atoms with Crippen LogP contribution in [0.4, 0.5) is 13.2 Å². The molecular formula is C8H15F3NOSn. The van der Waals surface area contributed by atoms with Crippen molar-refractivity contribution >= 4 is 22.9 Å². The van der Waals surface area contributed by atoms with Gasteiger partial charge in [-0.2, -0.15) is 0 Å². The molecule has 3 radical (unpaired) electrons. The molecule has 83 valence electrons. The van der Waals surface area contributed by atoms with Crippen LogP contribution in [0.15, 0.2) is 0 Å². The normalized spacial score (nSPS) is 19.5. The molecule has 0 N–H and O–H groups in total. The minimum atomic E-state index is -4.33. The molecule has 0 aromatic carbocycles. The van der Waals surface area contributed by atoms with E-state index in [0.29, 0.717) is 29.5 Å². The van der Waals surface area contributed by atoms with Crippen LogP contribution in [-0.4, -0.2) is 59.3 Å². The standard InChI is InChI=1S/C8H15F3NO.Sn/c1-5-12(4)6(2)7(3,13)8(9,10)11;/h6H,5H2,1-4H3;/q-1;+1. The Morgan fingerprint density at radius 1 is 1.43 bits per heavy atom. The molecule has 0 aromatic rings. The summed E-state index contributed by atoms with van der Waals surface area (Å²) >= 11 is 0.434. The van der Waals surface area contributed by atoms with Crippen molar-refractivity contribution in [3.63, 3.8) is 0 Å². The van der Waals surface area contributed by atoms with Crippen LogP contribution in [0.5, 0.6) is 0 Å². The van der Waals surface area contributed by atoms with E-state index in [4.69, 9.17) is 3.07 Å². The predicted octanol–water partition coefficient (Wildman–Crippen LogP) is 1.75. The first-order chi connectivity index (χ1) is 6.20. The van der Waals surface area contributed by atoms with E-state index in [0.717, 1.165) is 6.92 Å². The summed E-state index contributed by atoms with van der Waals surface area (Å²) in [6.45, 7) is 5.00. The first kappa shape index (κ1) is 14.5. The summed E-state index contributed by atoms with van der Waals surface area (Å²) in [5.74, 6) is 0. The van der Waals surface area contributed by atoms with Crippen molar-refractivity contribution in [2.75, 3.05) is 13.6 Å². The average Bonchev–Trinajstić information content (AvgIpc) is 2.12. The van der Waals surface area contributed by atoms with Crippen molar-refractivity contribution in [3.8, 4) is 0 Å². The van der Waals surface area contributed by atoms with Gasteiger partial charge in [0.1, 0.15) is 0 Å². The number of rotatable bonds is 4. The molecule has 14 heavy (non-hydrogen) atoms. The number of alkyl halides is 3. The molecule has 6 heteroatoms. The van der Waals surface area contributed by atoms with Gasteiger partial charge in [0.25, 0.3) is 0 Å². The Morgan fingerprint density at radius 3 is 2.07 bits per heavy atom. The molecule has 0 aliphatic rings. The van der Waals surface area contributed by atoms with Crippen LogP contribution in [0.3, 0.4) is 0 Å². The van der Waals surface area contributed by atoms with Gasteiger partial charge in [0.2, 0.25) is 0 Å². The summed E-state index contributed by atoms with van der Waals surface area (Å²) in [5, 5.41) is 0. The van der Waals surface area contributed by atoms with Crippen molar-refractivity contribution in [2.24, 2.45) is 0 Å². The van der Waals surface area contributed by atoms with Crippen molar-refractivity contribution in [1.29, 1.82) is 0 Å². The van der Waals surface area contributed by atoms with Crippen LogP contribution in [0.25, 0.3) is 0 Å². The Hall–Kier alpha value is 0.509. The fourth-order valence-electron chi connectivity index (χ4n) is 1.07. The zero-order chi connectivity index (χ0) is 11.6. The van der Waals surface area contributed by atoms with Crippen molar-refractivity contribution in [3.05, 3.63) is 0 Å². The molecule has 0 aromatic heterocycles. The predicted molar refractivity (Wildman–Crippen MR) is 49.1 cm³/mol. The third-order valence-corrected chi connectivity index (χ3v) is 3.94. The van der Waals surface area contributed by atoms with E-state index in [1.165, 1.54) is 6.92 Å². The molecule has 0 spiro atoms. The fourth-order valence-corrected chi connectivity index (χ4v) is 1.89. The zero-order valence-electron chi connectivity index (χ0n) is 8.77. The summed E-state index contributed by atoms with van der Waals surface area (Å²) in [4.78, 5) is 1.62. The second-order valence-electron chi connectivity index (χ2n) is 3.46. The number of halogens is 3. The molecule has 0 aliphatic carbocycles. The van der Waals surface area contributed by atoms with Gasteiger partial charge in [-0.1, -0.05) is 0 Å². The second-order valence-corrected chi connectivity index (χ2v) is 4.04. The van der Waals surface area contributed by atoms with E-state index in [2.05, 4.69) is 0 Å². The molecule has 2 nitrogen and oxygen atoms in total. The van der Waals surface area contributed by atoms with E-state index in [1.54, 1.807) is 11.9 Å². The number of likely N-dealkylation sites (N-methyl/N-ethyl adjacent to an activating group) is 1. The first-order valence-electron chi connectivity index (χ1n) is 4.32. The molecule has 0 heterocycles. The van der Waals surface area contributed by atoms with Gasteiger partial charge in [-0.3, -0.25) is 0 Å². The topological polar surface area (TPSA) is 12.5 Å². The summed E-state index contributed by atoms with van der Waals surface area (Å²) in [6.07, 6.45) is -4.33.